The van der Waals surface area contributed by atoms with Crippen LogP contribution in [0.15, 0.2) is 0 Å². The predicted molar refractivity (Wildman–Crippen MR) is 19.9 cm³/mol. The number of rotatable bonds is 0. The second-order valence-corrected chi connectivity index (χ2v) is 0. The molecule has 0 saturated carbocycles. The summed E-state index contributed by atoms with van der Waals surface area (Å²) in [6.45, 7) is 0. The fraction of sp³-hybridized carbons (Fsp3) is 0. The van der Waals surface area contributed by atoms with Crippen molar-refractivity contribution in [3.8, 4) is 0 Å². The average molecular weight is 378 g/mol. The van der Waals surface area contributed by atoms with Crippen LogP contribution in [-0.2, 0) is 44.8 Å². The van der Waals surface area contributed by atoms with Crippen molar-refractivity contribution in [1.29, 1.82) is 0 Å². The summed E-state index contributed by atoms with van der Waals surface area (Å²) in [6, 6.07) is 0. The Morgan fingerprint density at radius 2 is 1.00 bits per heavy atom. The molecule has 0 nitrogen and oxygen atoms in total. The van der Waals surface area contributed by atoms with E-state index < -0.39 is 0 Å². The average Bonchev–Trinajstić information content (AvgIpc) is 1.00. The summed E-state index contributed by atoms with van der Waals surface area (Å²) in [5.41, 5.74) is 0. The first-order valence-electron chi connectivity index (χ1n) is 0.143. The van der Waals surface area contributed by atoms with E-state index in [1.54, 1.807) is 21.5 Å². The predicted octanol–water partition coefficient (Wildman–Crippen LogP) is 1.57. The van der Waals surface area contributed by atoms with Crippen LogP contribution in [0.3, 0.4) is 0 Å². The molecule has 4 heteroatoms. The van der Waals surface area contributed by atoms with Gasteiger partial charge in [-0.15, -0.1) is 0 Å². The molecule has 0 fully saturated rings. The van der Waals surface area contributed by atoms with E-state index in [0.717, 1.165) is 0 Å². The summed E-state index contributed by atoms with van der Waals surface area (Å²) >= 11 is 1.62. The van der Waals surface area contributed by atoms with Crippen LogP contribution in [0.4, 0.5) is 0 Å². The molecule has 0 bridgehead atoms. The van der Waals surface area contributed by atoms with Crippen molar-refractivity contribution in [3.05, 3.63) is 0 Å². The second kappa shape index (κ2) is 17.8. The van der Waals surface area contributed by atoms with E-state index in [1.165, 1.54) is 0 Å². The van der Waals surface area contributed by atoms with Crippen LogP contribution in [0, 0.1) is 0 Å². The molecule has 0 heterocycles. The molecular weight excluding hydrogens is 378 g/mol. The van der Waals surface area contributed by atoms with Crippen LogP contribution in [0.5, 0.6) is 0 Å². The molecule has 0 aliphatic rings. The molecule has 34 valence electrons. The Morgan fingerprint density at radius 1 is 1.00 bits per heavy atom. The largest absolute Gasteiger partial charge is 1.00 e. The first-order valence-corrected chi connectivity index (χ1v) is 2.87. The van der Waals surface area contributed by atoms with E-state index in [9.17, 15) is 0 Å². The zero-order chi connectivity index (χ0) is 2.00. The third-order valence-electron chi connectivity index (χ3n) is 0. The molecule has 0 rings (SSSR count). The fourth-order valence-corrected chi connectivity index (χ4v) is 0. The molecule has 0 spiro atoms. The maximum atomic E-state index is 4.61. The molecule has 0 atom stereocenters. The zero-order valence-electron chi connectivity index (χ0n) is 1.36. The molecule has 0 aromatic carbocycles. The number of hydrogen-bond acceptors (Lipinski definition) is 0. The van der Waals surface area contributed by atoms with Gasteiger partial charge in [0.15, 0.2) is 0 Å². The van der Waals surface area contributed by atoms with Gasteiger partial charge in [0.1, 0.15) is 0 Å². The molecule has 0 unspecified atom stereocenters. The zero-order valence-corrected chi connectivity index (χ0v) is 7.24. The minimum absolute atomic E-state index is 0. The van der Waals surface area contributed by atoms with E-state index in [2.05, 4.69) is 8.91 Å². The van der Waals surface area contributed by atoms with Crippen LogP contribution in [0.25, 0.3) is 0 Å². The Kier molecular flexibility index (Phi) is 71.5. The summed E-state index contributed by atoms with van der Waals surface area (Å²) < 4.78 is 0. The molecule has 0 amide bonds. The minimum atomic E-state index is 0. The molecule has 0 N–H and O–H groups in total. The van der Waals surface area contributed by atoms with E-state index >= 15 is 0 Å². The van der Waals surface area contributed by atoms with Gasteiger partial charge in [-0.1, -0.05) is 0 Å². The molecule has 0 aliphatic carbocycles. The van der Waals surface area contributed by atoms with Crippen molar-refractivity contribution in [2.45, 2.75) is 0 Å². The first kappa shape index (κ1) is 16.1. The number of halogens is 2. The van der Waals surface area contributed by atoms with E-state index in [1.807, 2.05) is 0 Å². The van der Waals surface area contributed by atoms with Gasteiger partial charge < -0.3 is 0 Å². The minimum Gasteiger partial charge on any atom is -0.0425 e. The first-order chi connectivity index (χ1) is 1.00. The topological polar surface area (TPSA) is 0 Å². The summed E-state index contributed by atoms with van der Waals surface area (Å²) in [5.74, 6) is 0. The van der Waals surface area contributed by atoms with Crippen molar-refractivity contribution in [2.24, 2.45) is 0 Å². The Bertz CT molecular complexity index is 6.00. The van der Waals surface area contributed by atoms with Crippen LogP contribution in [0.2, 0.25) is 0 Å². The monoisotopic (exact) mass is 376 g/mol. The summed E-state index contributed by atoms with van der Waals surface area (Å²) in [7, 11) is 4.61. The van der Waals surface area contributed by atoms with Crippen molar-refractivity contribution in [1.82, 2.24) is 0 Å². The third-order valence-corrected chi connectivity index (χ3v) is 0. The third kappa shape index (κ3) is 8.82. The molecule has 0 aliphatic heterocycles. The van der Waals surface area contributed by atoms with Crippen molar-refractivity contribution in [2.75, 3.05) is 0 Å². The van der Waals surface area contributed by atoms with E-state index in [4.69, 9.17) is 0 Å². The molecular formula is Ag2ClI+2. The smallest absolute Gasteiger partial charge is 0.0425 e. The maximum Gasteiger partial charge on any atom is 1.00 e. The fourth-order valence-electron chi connectivity index (χ4n) is 0. The standard InChI is InChI=1S/2Ag.ClI/c;;1-2/q2*+1;. The van der Waals surface area contributed by atoms with Gasteiger partial charge in [-0.05, 0) is 8.91 Å². The summed E-state index contributed by atoms with van der Waals surface area (Å²) in [5, 5.41) is 0. The van der Waals surface area contributed by atoms with E-state index in [-0.39, 0.29) is 44.8 Å². The van der Waals surface area contributed by atoms with Gasteiger partial charge in [0.05, 0.1) is 0 Å². The van der Waals surface area contributed by atoms with Gasteiger partial charge in [-0.3, -0.25) is 0 Å². The normalized spacial score (nSPS) is 1.50. The van der Waals surface area contributed by atoms with Gasteiger partial charge >= 0.3 is 44.8 Å². The number of hydrogen-bond donors (Lipinski definition) is 0. The Labute approximate surface area is 73.9 Å². The van der Waals surface area contributed by atoms with E-state index in [0.29, 0.717) is 0 Å². The van der Waals surface area contributed by atoms with Crippen LogP contribution in [-0.4, -0.2) is 0 Å². The van der Waals surface area contributed by atoms with Gasteiger partial charge in [0.2, 0.25) is 0 Å². The Hall–Kier alpha value is 2.50. The van der Waals surface area contributed by atoms with Crippen LogP contribution in [0.1, 0.15) is 0 Å². The maximum absolute atomic E-state index is 4.61. The second-order valence-electron chi connectivity index (χ2n) is 0. The molecule has 0 aromatic rings. The molecule has 0 radical (unpaired) electrons. The Balaban J connectivity index is -0.00000000500. The molecule has 0 saturated heterocycles. The van der Waals surface area contributed by atoms with Crippen molar-refractivity contribution < 1.29 is 44.8 Å². The molecule has 4 heavy (non-hydrogen) atoms. The van der Waals surface area contributed by atoms with Crippen molar-refractivity contribution in [3.63, 3.8) is 0 Å². The van der Waals surface area contributed by atoms with Crippen molar-refractivity contribution >= 4 is 30.4 Å². The molecule has 0 aromatic heterocycles. The Morgan fingerprint density at radius 3 is 1.00 bits per heavy atom. The van der Waals surface area contributed by atoms with Gasteiger partial charge in [0, 0.05) is 21.5 Å². The summed E-state index contributed by atoms with van der Waals surface area (Å²) in [6.07, 6.45) is 0. The van der Waals surface area contributed by atoms with Crippen LogP contribution < -0.4 is 0 Å². The van der Waals surface area contributed by atoms with Crippen LogP contribution >= 0.6 is 30.4 Å². The summed E-state index contributed by atoms with van der Waals surface area (Å²) in [4.78, 5) is 0. The van der Waals surface area contributed by atoms with Gasteiger partial charge in [0.25, 0.3) is 0 Å². The van der Waals surface area contributed by atoms with Gasteiger partial charge in [-0.2, -0.15) is 0 Å². The quantitative estimate of drug-likeness (QED) is 0.444. The van der Waals surface area contributed by atoms with Gasteiger partial charge in [-0.25, -0.2) is 0 Å². The SMILES string of the molecule is ClI.[Ag+].[Ag+].